The molecular weight excluding hydrogens is 378 g/mol. The van der Waals surface area contributed by atoms with E-state index < -0.39 is 0 Å². The molecule has 0 N–H and O–H groups in total. The number of nitrogens with zero attached hydrogens (tertiary/aromatic N) is 1. The summed E-state index contributed by atoms with van der Waals surface area (Å²) in [5.41, 5.74) is 3.09. The average Bonchev–Trinajstić information content (AvgIpc) is 2.98. The van der Waals surface area contributed by atoms with Crippen LogP contribution in [0.25, 0.3) is 5.69 Å². The van der Waals surface area contributed by atoms with E-state index in [-0.39, 0.29) is 18.2 Å². The fourth-order valence-corrected chi connectivity index (χ4v) is 4.33. The lowest BCUT2D eigenvalue weighted by atomic mass is 10.0. The van der Waals surface area contributed by atoms with E-state index in [0.29, 0.717) is 26.8 Å². The van der Waals surface area contributed by atoms with Crippen molar-refractivity contribution in [3.8, 4) is 5.69 Å². The Balaban J connectivity index is 2.13. The molecule has 27 heavy (non-hydrogen) atoms. The minimum atomic E-state index is -0.361. The Hall–Kier alpha value is -2.44. The molecule has 0 radical (unpaired) electrons. The first-order valence-corrected chi connectivity index (χ1v) is 9.86. The van der Waals surface area contributed by atoms with Crippen LogP contribution in [-0.4, -0.2) is 18.4 Å². The van der Waals surface area contributed by atoms with Crippen LogP contribution < -0.4 is 4.57 Å². The Morgan fingerprint density at radius 1 is 1.11 bits per heavy atom. The van der Waals surface area contributed by atoms with Gasteiger partial charge in [0.25, 0.3) is 0 Å². The van der Waals surface area contributed by atoms with Crippen molar-refractivity contribution in [3.05, 3.63) is 76.4 Å². The molecule has 0 aliphatic rings. The van der Waals surface area contributed by atoms with Gasteiger partial charge < -0.3 is 4.74 Å². The van der Waals surface area contributed by atoms with Gasteiger partial charge in [-0.25, -0.2) is 0 Å². The second kappa shape index (κ2) is 8.50. The molecule has 0 saturated carbocycles. The number of ether oxygens (including phenoxy) is 1. The average molecular weight is 399 g/mol. The van der Waals surface area contributed by atoms with Gasteiger partial charge in [-0.2, -0.15) is 4.57 Å². The summed E-state index contributed by atoms with van der Waals surface area (Å²) in [5.74, 6) is -0.478. The number of carbonyl (C=O) groups excluding carboxylic acids is 2. The van der Waals surface area contributed by atoms with Crippen LogP contribution in [0.5, 0.6) is 0 Å². The number of aryl methyl sites for hydroxylation is 1. The van der Waals surface area contributed by atoms with Crippen molar-refractivity contribution in [1.29, 1.82) is 0 Å². The van der Waals surface area contributed by atoms with Crippen molar-refractivity contribution in [2.24, 2.45) is 0 Å². The smallest absolute Gasteiger partial charge is 0.310 e. The minimum Gasteiger partial charge on any atom is -0.466 e. The maximum atomic E-state index is 13.1. The minimum absolute atomic E-state index is 0.0228. The zero-order valence-electron chi connectivity index (χ0n) is 15.1. The van der Waals surface area contributed by atoms with Gasteiger partial charge in [0.15, 0.2) is 12.4 Å². The van der Waals surface area contributed by atoms with E-state index in [1.54, 1.807) is 19.1 Å². The van der Waals surface area contributed by atoms with Gasteiger partial charge in [0.2, 0.25) is 11.5 Å². The summed E-state index contributed by atoms with van der Waals surface area (Å²) in [6.07, 6.45) is 3.83. The highest BCUT2D eigenvalue weighted by atomic mass is 32.2. The molecule has 0 aliphatic heterocycles. The normalized spacial score (nSPS) is 10.6. The predicted molar refractivity (Wildman–Crippen MR) is 108 cm³/mol. The molecule has 6 heteroatoms. The summed E-state index contributed by atoms with van der Waals surface area (Å²) in [6, 6.07) is 13.0. The van der Waals surface area contributed by atoms with Crippen LogP contribution in [-0.2, 0) is 16.0 Å². The van der Waals surface area contributed by atoms with E-state index >= 15 is 0 Å². The number of esters is 1. The summed E-state index contributed by atoms with van der Waals surface area (Å²) in [5, 5.41) is 0. The van der Waals surface area contributed by atoms with Crippen LogP contribution in [0.3, 0.4) is 0 Å². The molecule has 2 heterocycles. The molecule has 0 atom stereocenters. The molecule has 2 aromatic heterocycles. The summed E-state index contributed by atoms with van der Waals surface area (Å²) in [7, 11) is 0. The maximum Gasteiger partial charge on any atom is 0.310 e. The quantitative estimate of drug-likeness (QED) is 0.296. The van der Waals surface area contributed by atoms with E-state index in [4.69, 9.17) is 4.74 Å². The number of pyridine rings is 1. The SMILES string of the molecule is CCOC(=O)Cc1c(C(=O)c2ccccc2)sc(S)c1-[n+]1ccc(C)cc1. The molecule has 0 fully saturated rings. The zero-order valence-corrected chi connectivity index (χ0v) is 16.8. The van der Waals surface area contributed by atoms with E-state index in [2.05, 4.69) is 12.6 Å². The van der Waals surface area contributed by atoms with Gasteiger partial charge in [0.05, 0.1) is 23.5 Å². The number of hydrogen-bond donors (Lipinski definition) is 1. The van der Waals surface area contributed by atoms with Gasteiger partial charge in [-0.3, -0.25) is 9.59 Å². The van der Waals surface area contributed by atoms with Crippen LogP contribution in [0.15, 0.2) is 59.1 Å². The number of benzene rings is 1. The largest absolute Gasteiger partial charge is 0.466 e. The van der Waals surface area contributed by atoms with Gasteiger partial charge in [0.1, 0.15) is 4.21 Å². The van der Waals surface area contributed by atoms with Gasteiger partial charge >= 0.3 is 5.97 Å². The molecule has 0 bridgehead atoms. The summed E-state index contributed by atoms with van der Waals surface area (Å²) < 4.78 is 7.70. The molecule has 138 valence electrons. The van der Waals surface area contributed by atoms with E-state index in [9.17, 15) is 9.59 Å². The highest BCUT2D eigenvalue weighted by Crippen LogP contribution is 2.34. The van der Waals surface area contributed by atoms with E-state index in [1.165, 1.54) is 11.3 Å². The van der Waals surface area contributed by atoms with Gasteiger partial charge in [-0.15, -0.1) is 24.0 Å². The lowest BCUT2D eigenvalue weighted by Crippen LogP contribution is -2.31. The number of thiophene rings is 1. The fraction of sp³-hybridized carbons (Fsp3) is 0.190. The Kier molecular flexibility index (Phi) is 6.08. The fourth-order valence-electron chi connectivity index (χ4n) is 2.78. The third-order valence-electron chi connectivity index (χ3n) is 4.08. The van der Waals surface area contributed by atoms with Gasteiger partial charge in [-0.05, 0) is 19.4 Å². The molecule has 3 aromatic rings. The Labute approximate surface area is 167 Å². The second-order valence-electron chi connectivity index (χ2n) is 6.02. The molecule has 0 saturated heterocycles. The van der Waals surface area contributed by atoms with Crippen molar-refractivity contribution in [2.45, 2.75) is 24.5 Å². The number of rotatable bonds is 6. The second-order valence-corrected chi connectivity index (χ2v) is 7.79. The summed E-state index contributed by atoms with van der Waals surface area (Å²) in [4.78, 5) is 25.8. The Bertz CT molecular complexity index is 963. The van der Waals surface area contributed by atoms with E-state index in [1.807, 2.05) is 54.2 Å². The highest BCUT2D eigenvalue weighted by molar-refractivity contribution is 7.83. The first-order chi connectivity index (χ1) is 13.0. The first kappa shape index (κ1) is 19.3. The van der Waals surface area contributed by atoms with Crippen molar-refractivity contribution in [1.82, 2.24) is 0 Å². The molecule has 0 unspecified atom stereocenters. The van der Waals surface area contributed by atoms with Crippen LogP contribution in [0.2, 0.25) is 0 Å². The lowest BCUT2D eigenvalue weighted by Gasteiger charge is -2.05. The van der Waals surface area contributed by atoms with Crippen LogP contribution in [0.4, 0.5) is 0 Å². The molecule has 3 rings (SSSR count). The van der Waals surface area contributed by atoms with Crippen LogP contribution in [0.1, 0.15) is 33.3 Å². The third kappa shape index (κ3) is 4.28. The topological polar surface area (TPSA) is 47.3 Å². The number of hydrogen-bond acceptors (Lipinski definition) is 5. The summed E-state index contributed by atoms with van der Waals surface area (Å²) >= 11 is 5.89. The number of thiol groups is 1. The van der Waals surface area contributed by atoms with Crippen molar-refractivity contribution in [2.75, 3.05) is 6.61 Å². The van der Waals surface area contributed by atoms with E-state index in [0.717, 1.165) is 11.3 Å². The molecule has 0 aliphatic carbocycles. The van der Waals surface area contributed by atoms with Crippen molar-refractivity contribution < 1.29 is 18.9 Å². The molecule has 0 spiro atoms. The number of ketones is 1. The van der Waals surface area contributed by atoms with Gasteiger partial charge in [-0.1, -0.05) is 30.3 Å². The maximum absolute atomic E-state index is 13.1. The van der Waals surface area contributed by atoms with Crippen LogP contribution >= 0.6 is 24.0 Å². The summed E-state index contributed by atoms with van der Waals surface area (Å²) in [6.45, 7) is 4.07. The standard InChI is InChI=1S/C21H19NO3S2/c1-3-25-17(23)13-16-18(22-11-9-14(2)10-12-22)21(26)27-20(16)19(24)15-7-5-4-6-8-15/h4-12H,3,13H2,1-2H3/p+1. The van der Waals surface area contributed by atoms with Crippen LogP contribution in [0, 0.1) is 6.92 Å². The zero-order chi connectivity index (χ0) is 19.4. The molecule has 0 amide bonds. The Morgan fingerprint density at radius 3 is 2.41 bits per heavy atom. The third-order valence-corrected chi connectivity index (χ3v) is 5.59. The number of aromatic nitrogens is 1. The highest BCUT2D eigenvalue weighted by Gasteiger charge is 2.30. The monoisotopic (exact) mass is 398 g/mol. The number of carbonyl (C=O) groups is 2. The molecule has 1 aromatic carbocycles. The van der Waals surface area contributed by atoms with Gasteiger partial charge in [0, 0.05) is 17.7 Å². The first-order valence-electron chi connectivity index (χ1n) is 8.59. The van der Waals surface area contributed by atoms with Crippen molar-refractivity contribution >= 4 is 35.7 Å². The van der Waals surface area contributed by atoms with Crippen molar-refractivity contribution in [3.63, 3.8) is 0 Å². The molecular formula is C21H20NO3S2+. The lowest BCUT2D eigenvalue weighted by molar-refractivity contribution is -0.598. The molecule has 4 nitrogen and oxygen atoms in total. The predicted octanol–water partition coefficient (Wildman–Crippen LogP) is 3.96. The Morgan fingerprint density at radius 2 is 1.78 bits per heavy atom.